The highest BCUT2D eigenvalue weighted by atomic mass is 16.2. The molecule has 5 heteroatoms. The average molecular weight is 306 g/mol. The second-order valence-electron chi connectivity index (χ2n) is 5.39. The zero-order chi connectivity index (χ0) is 16.2. The van der Waals surface area contributed by atoms with E-state index in [9.17, 15) is 4.79 Å². The van der Waals surface area contributed by atoms with Crippen LogP contribution in [0, 0.1) is 0 Å². The Morgan fingerprint density at radius 3 is 2.39 bits per heavy atom. The molecule has 0 aliphatic rings. The Balaban J connectivity index is 1.77. The molecule has 0 saturated carbocycles. The Hall–Kier alpha value is -2.95. The maximum atomic E-state index is 12.5. The maximum Gasteiger partial charge on any atom is 0.254 e. The third-order valence-electron chi connectivity index (χ3n) is 3.98. The van der Waals surface area contributed by atoms with Crippen LogP contribution in [0.3, 0.4) is 0 Å². The number of aromatic nitrogens is 3. The molecule has 0 radical (unpaired) electrons. The second kappa shape index (κ2) is 6.44. The number of hydrogen-bond acceptors (Lipinski definition) is 3. The molecule has 1 heterocycles. The van der Waals surface area contributed by atoms with Crippen LogP contribution in [0.15, 0.2) is 67.3 Å². The third kappa shape index (κ3) is 3.13. The van der Waals surface area contributed by atoms with Crippen molar-refractivity contribution in [1.82, 2.24) is 19.7 Å². The summed E-state index contributed by atoms with van der Waals surface area (Å²) in [5.41, 5.74) is 2.71. The molecule has 1 amide bonds. The van der Waals surface area contributed by atoms with Crippen LogP contribution in [-0.4, -0.2) is 32.6 Å². The van der Waals surface area contributed by atoms with Gasteiger partial charge in [-0.25, -0.2) is 9.67 Å². The number of hydrogen-bond donors (Lipinski definition) is 0. The van der Waals surface area contributed by atoms with Gasteiger partial charge in [0.2, 0.25) is 0 Å². The monoisotopic (exact) mass is 306 g/mol. The summed E-state index contributed by atoms with van der Waals surface area (Å²) in [6, 6.07) is 17.3. The first-order valence-corrected chi connectivity index (χ1v) is 7.44. The summed E-state index contributed by atoms with van der Waals surface area (Å²) in [7, 11) is 1.82. The number of carbonyl (C=O) groups is 1. The summed E-state index contributed by atoms with van der Waals surface area (Å²) < 4.78 is 1.70. The average Bonchev–Trinajstić information content (AvgIpc) is 3.15. The molecular weight excluding hydrogens is 288 g/mol. The van der Waals surface area contributed by atoms with Crippen molar-refractivity contribution in [2.45, 2.75) is 13.0 Å². The van der Waals surface area contributed by atoms with Crippen LogP contribution in [-0.2, 0) is 0 Å². The van der Waals surface area contributed by atoms with Crippen molar-refractivity contribution in [1.29, 1.82) is 0 Å². The molecule has 0 N–H and O–H groups in total. The van der Waals surface area contributed by atoms with Gasteiger partial charge in [0.15, 0.2) is 0 Å². The number of benzene rings is 2. The van der Waals surface area contributed by atoms with E-state index in [0.717, 1.165) is 11.3 Å². The molecular formula is C18H18N4O. The smallest absolute Gasteiger partial charge is 0.254 e. The van der Waals surface area contributed by atoms with Crippen LogP contribution < -0.4 is 0 Å². The Kier molecular flexibility index (Phi) is 4.19. The zero-order valence-corrected chi connectivity index (χ0v) is 13.1. The molecule has 2 aromatic carbocycles. The molecule has 0 aliphatic heterocycles. The Labute approximate surface area is 135 Å². The van der Waals surface area contributed by atoms with Crippen molar-refractivity contribution >= 4 is 5.91 Å². The molecule has 23 heavy (non-hydrogen) atoms. The van der Waals surface area contributed by atoms with Crippen molar-refractivity contribution in [3.63, 3.8) is 0 Å². The lowest BCUT2D eigenvalue weighted by atomic mass is 10.1. The van der Waals surface area contributed by atoms with E-state index in [1.54, 1.807) is 15.9 Å². The van der Waals surface area contributed by atoms with E-state index in [4.69, 9.17) is 0 Å². The van der Waals surface area contributed by atoms with Gasteiger partial charge in [-0.3, -0.25) is 4.79 Å². The van der Waals surface area contributed by atoms with Gasteiger partial charge in [0.1, 0.15) is 12.7 Å². The first-order valence-electron chi connectivity index (χ1n) is 7.44. The van der Waals surface area contributed by atoms with E-state index in [0.29, 0.717) is 5.56 Å². The summed E-state index contributed by atoms with van der Waals surface area (Å²) in [5, 5.41) is 4.11. The lowest BCUT2D eigenvalue weighted by molar-refractivity contribution is 0.0742. The number of amides is 1. The van der Waals surface area contributed by atoms with E-state index >= 15 is 0 Å². The lowest BCUT2D eigenvalue weighted by Gasteiger charge is -2.25. The number of carbonyl (C=O) groups excluding carboxylic acids is 1. The van der Waals surface area contributed by atoms with E-state index in [-0.39, 0.29) is 11.9 Å². The van der Waals surface area contributed by atoms with Gasteiger partial charge >= 0.3 is 0 Å². The topological polar surface area (TPSA) is 51.0 Å². The molecule has 0 unspecified atom stereocenters. The molecule has 0 bridgehead atoms. The Bertz CT molecular complexity index is 767. The Morgan fingerprint density at radius 1 is 1.09 bits per heavy atom. The molecule has 3 rings (SSSR count). The SMILES string of the molecule is C[C@H](c1ccc(-n2cncn2)cc1)N(C)C(=O)c1ccccc1. The zero-order valence-electron chi connectivity index (χ0n) is 13.1. The van der Waals surface area contributed by atoms with Gasteiger partial charge in [0, 0.05) is 12.6 Å². The van der Waals surface area contributed by atoms with Gasteiger partial charge in [-0.2, -0.15) is 5.10 Å². The summed E-state index contributed by atoms with van der Waals surface area (Å²) in [6.07, 6.45) is 3.16. The fourth-order valence-corrected chi connectivity index (χ4v) is 2.43. The van der Waals surface area contributed by atoms with Crippen molar-refractivity contribution < 1.29 is 4.79 Å². The molecule has 0 spiro atoms. The first-order chi connectivity index (χ1) is 11.2. The summed E-state index contributed by atoms with van der Waals surface area (Å²) in [5.74, 6) is 0.0125. The van der Waals surface area contributed by atoms with Crippen molar-refractivity contribution in [2.75, 3.05) is 7.05 Å². The highest BCUT2D eigenvalue weighted by Crippen LogP contribution is 2.22. The standard InChI is InChI=1S/C18H18N4O/c1-14(21(2)18(23)16-6-4-3-5-7-16)15-8-10-17(11-9-15)22-13-19-12-20-22/h3-14H,1-2H3/t14-/m1/s1. The molecule has 0 fully saturated rings. The van der Waals surface area contributed by atoms with Gasteiger partial charge < -0.3 is 4.90 Å². The normalized spacial score (nSPS) is 11.9. The number of rotatable bonds is 4. The fourth-order valence-electron chi connectivity index (χ4n) is 2.43. The van der Waals surface area contributed by atoms with Crippen LogP contribution in [0.1, 0.15) is 28.9 Å². The first kappa shape index (κ1) is 15.0. The van der Waals surface area contributed by atoms with Gasteiger partial charge in [0.25, 0.3) is 5.91 Å². The minimum absolute atomic E-state index is 0.0125. The third-order valence-corrected chi connectivity index (χ3v) is 3.98. The minimum atomic E-state index is -0.0208. The molecule has 0 aliphatic carbocycles. The highest BCUT2D eigenvalue weighted by molar-refractivity contribution is 5.94. The summed E-state index contributed by atoms with van der Waals surface area (Å²) in [4.78, 5) is 18.2. The van der Waals surface area contributed by atoms with E-state index in [1.165, 1.54) is 6.33 Å². The molecule has 1 aromatic heterocycles. The van der Waals surface area contributed by atoms with Crippen molar-refractivity contribution in [2.24, 2.45) is 0 Å². The largest absolute Gasteiger partial charge is 0.335 e. The quantitative estimate of drug-likeness (QED) is 0.744. The van der Waals surface area contributed by atoms with Crippen molar-refractivity contribution in [3.8, 4) is 5.69 Å². The fraction of sp³-hybridized carbons (Fsp3) is 0.167. The maximum absolute atomic E-state index is 12.5. The van der Waals surface area contributed by atoms with Gasteiger partial charge in [-0.15, -0.1) is 0 Å². The highest BCUT2D eigenvalue weighted by Gasteiger charge is 2.18. The molecule has 1 atom stereocenters. The lowest BCUT2D eigenvalue weighted by Crippen LogP contribution is -2.29. The van der Waals surface area contributed by atoms with Crippen molar-refractivity contribution in [3.05, 3.63) is 78.4 Å². The van der Waals surface area contributed by atoms with Crippen LogP contribution >= 0.6 is 0 Å². The second-order valence-corrected chi connectivity index (χ2v) is 5.39. The predicted molar refractivity (Wildman–Crippen MR) is 88.3 cm³/mol. The van der Waals surface area contributed by atoms with E-state index < -0.39 is 0 Å². The van der Waals surface area contributed by atoms with Crippen LogP contribution in [0.4, 0.5) is 0 Å². The molecule has 5 nitrogen and oxygen atoms in total. The molecule has 3 aromatic rings. The van der Waals surface area contributed by atoms with Gasteiger partial charge in [-0.05, 0) is 36.8 Å². The molecule has 0 saturated heterocycles. The van der Waals surface area contributed by atoms with E-state index in [1.807, 2.05) is 68.6 Å². The van der Waals surface area contributed by atoms with Crippen LogP contribution in [0.2, 0.25) is 0 Å². The van der Waals surface area contributed by atoms with Gasteiger partial charge in [0.05, 0.1) is 11.7 Å². The number of nitrogens with zero attached hydrogens (tertiary/aromatic N) is 4. The van der Waals surface area contributed by atoms with Gasteiger partial charge in [-0.1, -0.05) is 30.3 Å². The Morgan fingerprint density at radius 2 is 1.78 bits per heavy atom. The minimum Gasteiger partial charge on any atom is -0.335 e. The summed E-state index contributed by atoms with van der Waals surface area (Å²) in [6.45, 7) is 2.02. The van der Waals surface area contributed by atoms with Crippen LogP contribution in [0.25, 0.3) is 5.69 Å². The van der Waals surface area contributed by atoms with E-state index in [2.05, 4.69) is 10.1 Å². The molecule has 116 valence electrons. The van der Waals surface area contributed by atoms with Crippen LogP contribution in [0.5, 0.6) is 0 Å². The summed E-state index contributed by atoms with van der Waals surface area (Å²) >= 11 is 0. The predicted octanol–water partition coefficient (Wildman–Crippen LogP) is 3.10.